The summed E-state index contributed by atoms with van der Waals surface area (Å²) >= 11 is 0. The first-order chi connectivity index (χ1) is 13.9. The largest absolute Gasteiger partial charge is 0.462 e. The number of hydrogen-bond donors (Lipinski definition) is 2. The summed E-state index contributed by atoms with van der Waals surface area (Å²) in [6, 6.07) is 14.8. The Hall–Kier alpha value is -3.15. The van der Waals surface area contributed by atoms with Crippen molar-refractivity contribution in [2.45, 2.75) is 39.7 Å². The van der Waals surface area contributed by atoms with Crippen LogP contribution in [-0.4, -0.2) is 24.4 Å². The number of ether oxygens (including phenoxy) is 1. The lowest BCUT2D eigenvalue weighted by Gasteiger charge is -2.19. The Morgan fingerprint density at radius 3 is 2.21 bits per heavy atom. The number of amides is 2. The molecule has 29 heavy (non-hydrogen) atoms. The summed E-state index contributed by atoms with van der Waals surface area (Å²) in [4.78, 5) is 37.0. The van der Waals surface area contributed by atoms with Gasteiger partial charge in [0.25, 0.3) is 5.91 Å². The third-order valence-electron chi connectivity index (χ3n) is 4.12. The lowest BCUT2D eigenvalue weighted by molar-refractivity contribution is -0.127. The van der Waals surface area contributed by atoms with E-state index < -0.39 is 12.0 Å². The van der Waals surface area contributed by atoms with Gasteiger partial charge in [-0.3, -0.25) is 9.59 Å². The highest BCUT2D eigenvalue weighted by Gasteiger charge is 2.23. The van der Waals surface area contributed by atoms with E-state index in [0.717, 1.165) is 6.42 Å². The SMILES string of the molecule is CCCOC(=O)c1ccc(NC(=O)C(NC(=O)CC(C)C)c2ccccc2)cc1. The topological polar surface area (TPSA) is 84.5 Å². The van der Waals surface area contributed by atoms with Crippen molar-refractivity contribution in [2.24, 2.45) is 5.92 Å². The highest BCUT2D eigenvalue weighted by atomic mass is 16.5. The van der Waals surface area contributed by atoms with Crippen LogP contribution >= 0.6 is 0 Å². The molecule has 2 aromatic rings. The predicted molar refractivity (Wildman–Crippen MR) is 112 cm³/mol. The van der Waals surface area contributed by atoms with Gasteiger partial charge in [0.1, 0.15) is 6.04 Å². The van der Waals surface area contributed by atoms with E-state index in [1.54, 1.807) is 36.4 Å². The lowest BCUT2D eigenvalue weighted by Crippen LogP contribution is -2.37. The molecule has 0 spiro atoms. The van der Waals surface area contributed by atoms with Crippen LogP contribution in [0, 0.1) is 5.92 Å². The average Bonchev–Trinajstić information content (AvgIpc) is 2.70. The zero-order valence-electron chi connectivity index (χ0n) is 17.1. The van der Waals surface area contributed by atoms with Crippen LogP contribution in [0.4, 0.5) is 5.69 Å². The third kappa shape index (κ3) is 7.07. The molecule has 2 rings (SSSR count). The molecule has 0 aliphatic rings. The maximum atomic E-state index is 12.9. The van der Waals surface area contributed by atoms with Gasteiger partial charge in [0.2, 0.25) is 5.91 Å². The maximum absolute atomic E-state index is 12.9. The average molecular weight is 396 g/mol. The second kappa shape index (κ2) is 11.0. The summed E-state index contributed by atoms with van der Waals surface area (Å²) in [6.45, 7) is 6.19. The molecule has 0 bridgehead atoms. The zero-order chi connectivity index (χ0) is 21.2. The molecule has 1 atom stereocenters. The van der Waals surface area contributed by atoms with E-state index in [-0.39, 0.29) is 17.7 Å². The van der Waals surface area contributed by atoms with Gasteiger partial charge >= 0.3 is 5.97 Å². The lowest BCUT2D eigenvalue weighted by atomic mass is 10.0. The molecule has 6 heteroatoms. The number of anilines is 1. The normalized spacial score (nSPS) is 11.6. The molecule has 0 saturated carbocycles. The molecular formula is C23H28N2O4. The fourth-order valence-corrected chi connectivity index (χ4v) is 2.72. The molecule has 0 aromatic heterocycles. The summed E-state index contributed by atoms with van der Waals surface area (Å²) in [6.07, 6.45) is 1.09. The number of nitrogens with one attached hydrogen (secondary N) is 2. The van der Waals surface area contributed by atoms with Crippen LogP contribution in [0.5, 0.6) is 0 Å². The van der Waals surface area contributed by atoms with Gasteiger partial charge in [0.05, 0.1) is 12.2 Å². The number of benzene rings is 2. The summed E-state index contributed by atoms with van der Waals surface area (Å²) in [5.74, 6) is -0.741. The molecule has 1 unspecified atom stereocenters. The van der Waals surface area contributed by atoms with E-state index in [1.165, 1.54) is 0 Å². The van der Waals surface area contributed by atoms with E-state index in [2.05, 4.69) is 10.6 Å². The van der Waals surface area contributed by atoms with Crippen molar-refractivity contribution in [3.63, 3.8) is 0 Å². The van der Waals surface area contributed by atoms with Crippen molar-refractivity contribution in [3.8, 4) is 0 Å². The molecule has 0 radical (unpaired) electrons. The summed E-state index contributed by atoms with van der Waals surface area (Å²) < 4.78 is 5.10. The molecule has 0 aliphatic carbocycles. The highest BCUT2D eigenvalue weighted by Crippen LogP contribution is 2.18. The van der Waals surface area contributed by atoms with Crippen molar-refractivity contribution < 1.29 is 19.1 Å². The predicted octanol–water partition coefficient (Wildman–Crippen LogP) is 4.10. The monoisotopic (exact) mass is 396 g/mol. The van der Waals surface area contributed by atoms with Crippen molar-refractivity contribution in [1.82, 2.24) is 5.32 Å². The minimum absolute atomic E-state index is 0.182. The molecule has 2 aromatic carbocycles. The molecule has 154 valence electrons. The molecule has 2 N–H and O–H groups in total. The van der Waals surface area contributed by atoms with Gasteiger partial charge in [-0.25, -0.2) is 4.79 Å². The quantitative estimate of drug-likeness (QED) is 0.625. The van der Waals surface area contributed by atoms with Crippen LogP contribution in [0.1, 0.15) is 55.6 Å². The van der Waals surface area contributed by atoms with E-state index in [1.807, 2.05) is 39.0 Å². The number of esters is 1. The summed E-state index contributed by atoms with van der Waals surface area (Å²) in [5, 5.41) is 5.62. The third-order valence-corrected chi connectivity index (χ3v) is 4.12. The van der Waals surface area contributed by atoms with E-state index in [0.29, 0.717) is 29.8 Å². The Balaban J connectivity index is 2.10. The molecule has 0 heterocycles. The number of carbonyl (C=O) groups excluding carboxylic acids is 3. The number of carbonyl (C=O) groups is 3. The van der Waals surface area contributed by atoms with Gasteiger partial charge in [-0.05, 0) is 42.2 Å². The number of hydrogen-bond acceptors (Lipinski definition) is 4. The molecule has 2 amide bonds. The first-order valence-electron chi connectivity index (χ1n) is 9.83. The Morgan fingerprint density at radius 2 is 1.62 bits per heavy atom. The first kappa shape index (κ1) is 22.1. The molecule has 0 aliphatic heterocycles. The van der Waals surface area contributed by atoms with Crippen LogP contribution < -0.4 is 10.6 Å². The molecular weight excluding hydrogens is 368 g/mol. The van der Waals surface area contributed by atoms with E-state index in [4.69, 9.17) is 4.74 Å². The Labute approximate surface area is 171 Å². The van der Waals surface area contributed by atoms with Gasteiger partial charge in [0.15, 0.2) is 0 Å². The Morgan fingerprint density at radius 1 is 0.966 bits per heavy atom. The first-order valence-corrected chi connectivity index (χ1v) is 9.83. The minimum atomic E-state index is -0.809. The maximum Gasteiger partial charge on any atom is 0.338 e. The molecule has 6 nitrogen and oxygen atoms in total. The van der Waals surface area contributed by atoms with Crippen molar-refractivity contribution in [2.75, 3.05) is 11.9 Å². The van der Waals surface area contributed by atoms with E-state index in [9.17, 15) is 14.4 Å². The van der Waals surface area contributed by atoms with Crippen LogP contribution in [0.2, 0.25) is 0 Å². The smallest absolute Gasteiger partial charge is 0.338 e. The van der Waals surface area contributed by atoms with Gasteiger partial charge in [-0.1, -0.05) is 51.1 Å². The van der Waals surface area contributed by atoms with Crippen LogP contribution in [-0.2, 0) is 14.3 Å². The fourth-order valence-electron chi connectivity index (χ4n) is 2.72. The standard InChI is InChI=1S/C23H28N2O4/c1-4-14-29-23(28)18-10-12-19(13-11-18)24-22(27)21(17-8-6-5-7-9-17)25-20(26)15-16(2)3/h5-13,16,21H,4,14-15H2,1-3H3,(H,24,27)(H,25,26). The zero-order valence-corrected chi connectivity index (χ0v) is 17.1. The van der Waals surface area contributed by atoms with Gasteiger partial charge < -0.3 is 15.4 Å². The van der Waals surface area contributed by atoms with Crippen LogP contribution in [0.25, 0.3) is 0 Å². The van der Waals surface area contributed by atoms with Crippen molar-refractivity contribution in [1.29, 1.82) is 0 Å². The second-order valence-electron chi connectivity index (χ2n) is 7.21. The number of rotatable bonds is 9. The van der Waals surface area contributed by atoms with Crippen molar-refractivity contribution in [3.05, 3.63) is 65.7 Å². The summed E-state index contributed by atoms with van der Waals surface area (Å²) in [5.41, 5.74) is 1.64. The Kier molecular flexibility index (Phi) is 8.40. The highest BCUT2D eigenvalue weighted by molar-refractivity contribution is 5.98. The molecule has 0 saturated heterocycles. The van der Waals surface area contributed by atoms with Gasteiger partial charge in [-0.15, -0.1) is 0 Å². The molecule has 0 fully saturated rings. The van der Waals surface area contributed by atoms with Gasteiger partial charge in [0, 0.05) is 12.1 Å². The van der Waals surface area contributed by atoms with Crippen LogP contribution in [0.15, 0.2) is 54.6 Å². The van der Waals surface area contributed by atoms with Crippen molar-refractivity contribution >= 4 is 23.5 Å². The summed E-state index contributed by atoms with van der Waals surface area (Å²) in [7, 11) is 0. The fraction of sp³-hybridized carbons (Fsp3) is 0.348. The minimum Gasteiger partial charge on any atom is -0.462 e. The van der Waals surface area contributed by atoms with E-state index >= 15 is 0 Å². The van der Waals surface area contributed by atoms with Crippen LogP contribution in [0.3, 0.4) is 0 Å². The van der Waals surface area contributed by atoms with Gasteiger partial charge in [-0.2, -0.15) is 0 Å². The second-order valence-corrected chi connectivity index (χ2v) is 7.21. The Bertz CT molecular complexity index is 817.